The number of hydrogen-bond donors (Lipinski definition) is 0. The highest BCUT2D eigenvalue weighted by Crippen LogP contribution is 2.11. The lowest BCUT2D eigenvalue weighted by atomic mass is 10.3. The lowest BCUT2D eigenvalue weighted by Crippen LogP contribution is -2.23. The summed E-state index contributed by atoms with van der Waals surface area (Å²) < 4.78 is 14.9. The van der Waals surface area contributed by atoms with Crippen LogP contribution in [0.5, 0.6) is 0 Å². The quantitative estimate of drug-likeness (QED) is 0.668. The number of aromatic nitrogens is 3. The van der Waals surface area contributed by atoms with Gasteiger partial charge in [-0.05, 0) is 0 Å². The minimum atomic E-state index is 0.635. The van der Waals surface area contributed by atoms with Crippen molar-refractivity contribution in [2.24, 2.45) is 0 Å². The van der Waals surface area contributed by atoms with Crippen LogP contribution in [0, 0.1) is 0 Å². The second kappa shape index (κ2) is 5.49. The molecule has 19 heavy (non-hydrogen) atoms. The molecule has 0 unspecified atom stereocenters. The molecule has 0 aliphatic carbocycles. The van der Waals surface area contributed by atoms with E-state index in [2.05, 4.69) is 19.9 Å². The summed E-state index contributed by atoms with van der Waals surface area (Å²) in [7, 11) is 0. The zero-order valence-electron chi connectivity index (χ0n) is 10.1. The van der Waals surface area contributed by atoms with E-state index in [1.54, 1.807) is 18.8 Å². The number of oxazole rings is 3. The van der Waals surface area contributed by atoms with Gasteiger partial charge in [0.05, 0.1) is 17.1 Å². The Balaban J connectivity index is 1.70. The smallest absolute Gasteiger partial charge is 0.180 e. The Morgan fingerprint density at radius 1 is 0.684 bits per heavy atom. The number of rotatable bonds is 6. The monoisotopic (exact) mass is 260 g/mol. The summed E-state index contributed by atoms with van der Waals surface area (Å²) in [6.07, 6.45) is 9.12. The van der Waals surface area contributed by atoms with E-state index in [-0.39, 0.29) is 0 Å². The molecule has 7 nitrogen and oxygen atoms in total. The molecule has 0 saturated heterocycles. The third kappa shape index (κ3) is 3.08. The maximum atomic E-state index is 4.98. The van der Waals surface area contributed by atoms with Crippen molar-refractivity contribution < 1.29 is 13.3 Å². The van der Waals surface area contributed by atoms with Crippen LogP contribution >= 0.6 is 0 Å². The molecule has 0 amide bonds. The summed E-state index contributed by atoms with van der Waals surface area (Å²) in [4.78, 5) is 14.5. The van der Waals surface area contributed by atoms with E-state index in [1.807, 2.05) is 0 Å². The van der Waals surface area contributed by atoms with Crippen LogP contribution < -0.4 is 0 Å². The average molecular weight is 260 g/mol. The Morgan fingerprint density at radius 2 is 1.05 bits per heavy atom. The van der Waals surface area contributed by atoms with E-state index >= 15 is 0 Å². The Kier molecular flexibility index (Phi) is 3.37. The van der Waals surface area contributed by atoms with Gasteiger partial charge in [-0.3, -0.25) is 4.90 Å². The normalized spacial score (nSPS) is 11.2. The predicted octanol–water partition coefficient (Wildman–Crippen LogP) is 1.85. The van der Waals surface area contributed by atoms with Crippen LogP contribution in [-0.2, 0) is 19.6 Å². The fraction of sp³-hybridized carbons (Fsp3) is 0.250. The molecule has 0 radical (unpaired) electrons. The first-order valence-corrected chi connectivity index (χ1v) is 5.73. The first-order valence-electron chi connectivity index (χ1n) is 5.73. The van der Waals surface area contributed by atoms with Crippen LogP contribution in [0.1, 0.15) is 17.1 Å². The molecular weight excluding hydrogens is 248 g/mol. The van der Waals surface area contributed by atoms with Gasteiger partial charge in [0.15, 0.2) is 19.2 Å². The third-order valence-electron chi connectivity index (χ3n) is 2.61. The highest BCUT2D eigenvalue weighted by Gasteiger charge is 2.12. The van der Waals surface area contributed by atoms with Crippen LogP contribution in [0.4, 0.5) is 0 Å². The van der Waals surface area contributed by atoms with Gasteiger partial charge in [-0.25, -0.2) is 15.0 Å². The Morgan fingerprint density at radius 3 is 1.32 bits per heavy atom. The lowest BCUT2D eigenvalue weighted by molar-refractivity contribution is 0.238. The van der Waals surface area contributed by atoms with Gasteiger partial charge in [0, 0.05) is 19.6 Å². The van der Waals surface area contributed by atoms with E-state index in [0.29, 0.717) is 19.6 Å². The molecule has 98 valence electrons. The second-order valence-corrected chi connectivity index (χ2v) is 4.08. The van der Waals surface area contributed by atoms with Crippen LogP contribution in [0.2, 0.25) is 0 Å². The van der Waals surface area contributed by atoms with Crippen molar-refractivity contribution in [3.8, 4) is 0 Å². The Hall–Kier alpha value is -2.41. The van der Waals surface area contributed by atoms with Crippen molar-refractivity contribution in [2.75, 3.05) is 0 Å². The van der Waals surface area contributed by atoms with Gasteiger partial charge < -0.3 is 13.3 Å². The largest absolute Gasteiger partial charge is 0.451 e. The fourth-order valence-electron chi connectivity index (χ4n) is 1.80. The summed E-state index contributed by atoms with van der Waals surface area (Å²) in [6.45, 7) is 1.91. The average Bonchev–Trinajstić information content (AvgIpc) is 3.10. The maximum absolute atomic E-state index is 4.98. The van der Waals surface area contributed by atoms with Gasteiger partial charge in [-0.1, -0.05) is 0 Å². The Bertz CT molecular complexity index is 488. The minimum absolute atomic E-state index is 0.635. The minimum Gasteiger partial charge on any atom is -0.451 e. The highest BCUT2D eigenvalue weighted by atomic mass is 16.3. The predicted molar refractivity (Wildman–Crippen MR) is 62.5 cm³/mol. The lowest BCUT2D eigenvalue weighted by Gasteiger charge is -2.18. The molecule has 0 aliphatic rings. The van der Waals surface area contributed by atoms with Gasteiger partial charge in [0.25, 0.3) is 0 Å². The third-order valence-corrected chi connectivity index (χ3v) is 2.61. The van der Waals surface area contributed by atoms with Crippen molar-refractivity contribution in [2.45, 2.75) is 19.6 Å². The molecule has 7 heteroatoms. The van der Waals surface area contributed by atoms with Gasteiger partial charge in [0.2, 0.25) is 0 Å². The Labute approximate surface area is 108 Å². The van der Waals surface area contributed by atoms with Gasteiger partial charge >= 0.3 is 0 Å². The first kappa shape index (κ1) is 11.7. The molecule has 0 aliphatic heterocycles. The van der Waals surface area contributed by atoms with E-state index in [4.69, 9.17) is 13.3 Å². The first-order chi connectivity index (χ1) is 9.40. The van der Waals surface area contributed by atoms with Crippen LogP contribution in [0.25, 0.3) is 0 Å². The van der Waals surface area contributed by atoms with Crippen LogP contribution in [-0.4, -0.2) is 19.9 Å². The number of hydrogen-bond acceptors (Lipinski definition) is 7. The summed E-state index contributed by atoms with van der Waals surface area (Å²) in [5, 5.41) is 0. The summed E-state index contributed by atoms with van der Waals surface area (Å²) in [5.74, 6) is 0. The molecule has 0 atom stereocenters. The van der Waals surface area contributed by atoms with Gasteiger partial charge in [-0.15, -0.1) is 0 Å². The SMILES string of the molecule is c1nc(CN(Cc2cocn2)Cc2cocn2)co1. The van der Waals surface area contributed by atoms with Crippen molar-refractivity contribution in [1.82, 2.24) is 19.9 Å². The van der Waals surface area contributed by atoms with E-state index < -0.39 is 0 Å². The maximum Gasteiger partial charge on any atom is 0.180 e. The number of nitrogens with zero attached hydrogens (tertiary/aromatic N) is 4. The molecule has 0 bridgehead atoms. The molecule has 3 aromatic rings. The van der Waals surface area contributed by atoms with Crippen molar-refractivity contribution in [1.29, 1.82) is 0 Å². The fourth-order valence-corrected chi connectivity index (χ4v) is 1.80. The van der Waals surface area contributed by atoms with Gasteiger partial charge in [-0.2, -0.15) is 0 Å². The molecule has 0 N–H and O–H groups in total. The molecule has 3 heterocycles. The molecule has 0 saturated carbocycles. The molecule has 3 rings (SSSR count). The molecule has 0 aromatic carbocycles. The second-order valence-electron chi connectivity index (χ2n) is 4.08. The van der Waals surface area contributed by atoms with Crippen molar-refractivity contribution in [3.05, 3.63) is 55.1 Å². The summed E-state index contributed by atoms with van der Waals surface area (Å²) in [5.41, 5.74) is 2.56. The highest BCUT2D eigenvalue weighted by molar-refractivity contribution is 4.98. The zero-order chi connectivity index (χ0) is 12.9. The molecule has 0 fully saturated rings. The van der Waals surface area contributed by atoms with E-state index in [0.717, 1.165) is 17.1 Å². The molecular formula is C12H12N4O3. The van der Waals surface area contributed by atoms with E-state index in [1.165, 1.54) is 19.2 Å². The van der Waals surface area contributed by atoms with Gasteiger partial charge in [0.1, 0.15) is 18.8 Å². The molecule has 0 spiro atoms. The molecule has 3 aromatic heterocycles. The summed E-state index contributed by atoms with van der Waals surface area (Å²) >= 11 is 0. The van der Waals surface area contributed by atoms with Crippen LogP contribution in [0.3, 0.4) is 0 Å². The van der Waals surface area contributed by atoms with Crippen molar-refractivity contribution >= 4 is 0 Å². The van der Waals surface area contributed by atoms with Crippen LogP contribution in [0.15, 0.2) is 51.2 Å². The summed E-state index contributed by atoms with van der Waals surface area (Å²) in [6, 6.07) is 0. The topological polar surface area (TPSA) is 81.3 Å². The standard InChI is InChI=1S/C12H12N4O3/c1(10-4-17-7-13-10)16(2-11-5-18-8-14-11)3-12-6-19-9-15-12/h4-9H,1-3H2. The van der Waals surface area contributed by atoms with Crippen molar-refractivity contribution in [3.63, 3.8) is 0 Å². The zero-order valence-corrected chi connectivity index (χ0v) is 10.1. The van der Waals surface area contributed by atoms with E-state index in [9.17, 15) is 0 Å².